The van der Waals surface area contributed by atoms with Crippen LogP contribution in [0.15, 0.2) is 137 Å². The number of rotatable bonds is 10. The summed E-state index contributed by atoms with van der Waals surface area (Å²) in [6.45, 7) is 0. The molecule has 0 aliphatic heterocycles. The summed E-state index contributed by atoms with van der Waals surface area (Å²) in [6, 6.07) is 36.5. The van der Waals surface area contributed by atoms with Gasteiger partial charge in [0.1, 0.15) is 28.1 Å². The van der Waals surface area contributed by atoms with Crippen LogP contribution in [0.4, 0.5) is 4.39 Å². The van der Waals surface area contributed by atoms with Gasteiger partial charge in [0.15, 0.2) is 0 Å². The monoisotopic (exact) mass is 605 g/mol. The van der Waals surface area contributed by atoms with E-state index in [1.807, 2.05) is 66.7 Å². The van der Waals surface area contributed by atoms with Gasteiger partial charge in [-0.1, -0.05) is 109 Å². The van der Waals surface area contributed by atoms with Gasteiger partial charge < -0.3 is 9.52 Å². The van der Waals surface area contributed by atoms with Crippen molar-refractivity contribution in [1.29, 1.82) is 0 Å². The SMILES string of the molecule is O=C(O)[C@H](Cc1ccccc1)NS(=O)(=O)c1ccc(-c2ccc(-c3c(Cc4ccccc4)oc4ccccc34)cc2)cc1F. The Kier molecular flexibility index (Phi) is 8.11. The van der Waals surface area contributed by atoms with E-state index in [1.54, 1.807) is 30.3 Å². The van der Waals surface area contributed by atoms with Gasteiger partial charge in [0.25, 0.3) is 0 Å². The van der Waals surface area contributed by atoms with Crippen molar-refractivity contribution in [2.75, 3.05) is 0 Å². The van der Waals surface area contributed by atoms with Gasteiger partial charge in [-0.3, -0.25) is 4.79 Å². The highest BCUT2D eigenvalue weighted by atomic mass is 32.2. The Morgan fingerprint density at radius 1 is 0.750 bits per heavy atom. The number of carbonyl (C=O) groups is 1. The third-order valence-corrected chi connectivity index (χ3v) is 8.99. The Morgan fingerprint density at radius 3 is 2.00 bits per heavy atom. The first-order chi connectivity index (χ1) is 21.3. The average molecular weight is 606 g/mol. The molecule has 220 valence electrons. The maximum atomic E-state index is 15.3. The molecule has 0 bridgehead atoms. The van der Waals surface area contributed by atoms with Crippen molar-refractivity contribution in [3.63, 3.8) is 0 Å². The molecule has 0 aliphatic rings. The smallest absolute Gasteiger partial charge is 0.322 e. The molecule has 44 heavy (non-hydrogen) atoms. The zero-order chi connectivity index (χ0) is 30.7. The van der Waals surface area contributed by atoms with Gasteiger partial charge in [-0.15, -0.1) is 0 Å². The van der Waals surface area contributed by atoms with E-state index in [9.17, 15) is 18.3 Å². The molecule has 0 saturated carbocycles. The second kappa shape index (κ2) is 12.3. The first-order valence-corrected chi connectivity index (χ1v) is 15.5. The van der Waals surface area contributed by atoms with Gasteiger partial charge in [0, 0.05) is 17.4 Å². The number of nitrogens with one attached hydrogen (secondary N) is 1. The number of hydrogen-bond donors (Lipinski definition) is 2. The number of carboxylic acid groups (broad SMARTS) is 1. The first kappa shape index (κ1) is 29.0. The Labute approximate surface area is 254 Å². The minimum Gasteiger partial charge on any atom is -0.480 e. The van der Waals surface area contributed by atoms with Gasteiger partial charge >= 0.3 is 5.97 Å². The largest absolute Gasteiger partial charge is 0.480 e. The predicted octanol–water partition coefficient (Wildman–Crippen LogP) is 7.47. The van der Waals surface area contributed by atoms with Crippen LogP contribution in [0.2, 0.25) is 0 Å². The highest BCUT2D eigenvalue weighted by Crippen LogP contribution is 2.37. The lowest BCUT2D eigenvalue weighted by Crippen LogP contribution is -2.42. The molecule has 8 heteroatoms. The van der Waals surface area contributed by atoms with E-state index in [0.717, 1.165) is 45.6 Å². The maximum absolute atomic E-state index is 15.3. The Bertz CT molecular complexity index is 2040. The van der Waals surface area contributed by atoms with Gasteiger partial charge in [-0.2, -0.15) is 4.72 Å². The fourth-order valence-electron chi connectivity index (χ4n) is 5.33. The minimum absolute atomic E-state index is 0.0829. The van der Waals surface area contributed by atoms with Gasteiger partial charge in [-0.05, 0) is 52.4 Å². The molecule has 1 atom stereocenters. The van der Waals surface area contributed by atoms with Gasteiger partial charge in [0.2, 0.25) is 10.0 Å². The second-order valence-corrected chi connectivity index (χ2v) is 12.2. The topological polar surface area (TPSA) is 96.6 Å². The van der Waals surface area contributed by atoms with Gasteiger partial charge in [-0.25, -0.2) is 12.8 Å². The van der Waals surface area contributed by atoms with Crippen molar-refractivity contribution >= 4 is 27.0 Å². The molecule has 6 aromatic rings. The number of carboxylic acids is 1. The summed E-state index contributed by atoms with van der Waals surface area (Å²) in [5.41, 5.74) is 5.64. The van der Waals surface area contributed by atoms with Crippen LogP contribution in [0.5, 0.6) is 0 Å². The molecule has 2 N–H and O–H groups in total. The van der Waals surface area contributed by atoms with Crippen molar-refractivity contribution in [3.8, 4) is 22.3 Å². The number of hydrogen-bond acceptors (Lipinski definition) is 4. The summed E-state index contributed by atoms with van der Waals surface area (Å²) in [6.07, 6.45) is 0.538. The lowest BCUT2D eigenvalue weighted by molar-refractivity contribution is -0.138. The lowest BCUT2D eigenvalue weighted by Gasteiger charge is -2.16. The summed E-state index contributed by atoms with van der Waals surface area (Å²) in [7, 11) is -4.46. The molecule has 6 nitrogen and oxygen atoms in total. The number of benzene rings is 5. The van der Waals surface area contributed by atoms with Crippen LogP contribution < -0.4 is 4.72 Å². The number of sulfonamides is 1. The molecule has 0 fully saturated rings. The fraction of sp³-hybridized carbons (Fsp3) is 0.0833. The third kappa shape index (κ3) is 6.17. The van der Waals surface area contributed by atoms with Crippen LogP contribution in [0, 0.1) is 5.82 Å². The number of halogens is 1. The van der Waals surface area contributed by atoms with Gasteiger partial charge in [0.05, 0.1) is 0 Å². The van der Waals surface area contributed by atoms with Crippen molar-refractivity contribution in [2.45, 2.75) is 23.8 Å². The summed E-state index contributed by atoms with van der Waals surface area (Å²) < 4.78 is 49.7. The van der Waals surface area contributed by atoms with Crippen LogP contribution >= 0.6 is 0 Å². The minimum atomic E-state index is -4.46. The molecule has 0 unspecified atom stereocenters. The molecule has 0 aliphatic carbocycles. The normalized spacial score (nSPS) is 12.3. The number of furan rings is 1. The molecule has 1 heterocycles. The zero-order valence-corrected chi connectivity index (χ0v) is 24.3. The number of fused-ring (bicyclic) bond motifs is 1. The third-order valence-electron chi connectivity index (χ3n) is 7.48. The molecular formula is C36H28FNO5S. The highest BCUT2D eigenvalue weighted by molar-refractivity contribution is 7.89. The summed E-state index contributed by atoms with van der Waals surface area (Å²) >= 11 is 0. The molecule has 0 spiro atoms. The standard InChI is InChI=1S/C36H28FNO5S/c37-30-23-28(19-20-34(30)44(41,42)38-31(36(39)40)21-24-9-3-1-4-10-24)26-15-17-27(18-16-26)35-29-13-7-8-14-32(29)43-33(35)22-25-11-5-2-6-12-25/h1-20,23,31,38H,21-22H2,(H,39,40)/t31-/m0/s1. The summed E-state index contributed by atoms with van der Waals surface area (Å²) in [4.78, 5) is 11.2. The van der Waals surface area contributed by atoms with E-state index in [0.29, 0.717) is 23.1 Å². The Hall–Kier alpha value is -5.05. The van der Waals surface area contributed by atoms with E-state index in [1.165, 1.54) is 6.07 Å². The summed E-state index contributed by atoms with van der Waals surface area (Å²) in [5, 5.41) is 10.6. The highest BCUT2D eigenvalue weighted by Gasteiger charge is 2.28. The number of aliphatic carboxylic acids is 1. The predicted molar refractivity (Wildman–Crippen MR) is 168 cm³/mol. The molecule has 5 aromatic carbocycles. The second-order valence-electron chi connectivity index (χ2n) is 10.5. The quantitative estimate of drug-likeness (QED) is 0.169. The van der Waals surface area contributed by atoms with E-state index in [-0.39, 0.29) is 6.42 Å². The van der Waals surface area contributed by atoms with Crippen molar-refractivity contribution in [3.05, 3.63) is 150 Å². The van der Waals surface area contributed by atoms with E-state index in [2.05, 4.69) is 16.9 Å². The fourth-order valence-corrected chi connectivity index (χ4v) is 6.57. The number of para-hydroxylation sites is 1. The molecular weight excluding hydrogens is 577 g/mol. The van der Waals surface area contributed by atoms with E-state index in [4.69, 9.17) is 4.42 Å². The molecule has 0 saturated heterocycles. The van der Waals surface area contributed by atoms with Crippen molar-refractivity contribution < 1.29 is 27.1 Å². The van der Waals surface area contributed by atoms with E-state index < -0.39 is 32.7 Å². The molecule has 6 rings (SSSR count). The maximum Gasteiger partial charge on any atom is 0.322 e. The van der Waals surface area contributed by atoms with Crippen LogP contribution in [0.3, 0.4) is 0 Å². The van der Waals surface area contributed by atoms with E-state index >= 15 is 4.39 Å². The molecule has 0 amide bonds. The average Bonchev–Trinajstić information content (AvgIpc) is 3.39. The Morgan fingerprint density at radius 2 is 1.34 bits per heavy atom. The zero-order valence-electron chi connectivity index (χ0n) is 23.5. The van der Waals surface area contributed by atoms with Crippen molar-refractivity contribution in [2.24, 2.45) is 0 Å². The summed E-state index contributed by atoms with van der Waals surface area (Å²) in [5.74, 6) is -1.49. The molecule has 0 radical (unpaired) electrons. The first-order valence-electron chi connectivity index (χ1n) is 14.0. The van der Waals surface area contributed by atoms with Crippen LogP contribution in [-0.4, -0.2) is 25.5 Å². The van der Waals surface area contributed by atoms with Crippen LogP contribution in [-0.2, 0) is 27.7 Å². The van der Waals surface area contributed by atoms with Crippen LogP contribution in [0.25, 0.3) is 33.2 Å². The van der Waals surface area contributed by atoms with Crippen LogP contribution in [0.1, 0.15) is 16.9 Å². The molecule has 1 aromatic heterocycles. The lowest BCUT2D eigenvalue weighted by atomic mass is 9.96. The van der Waals surface area contributed by atoms with Crippen molar-refractivity contribution in [1.82, 2.24) is 4.72 Å². The Balaban J connectivity index is 1.26.